The molecule has 0 aliphatic heterocycles. The lowest BCUT2D eigenvalue weighted by Crippen LogP contribution is -2.26. The Morgan fingerprint density at radius 2 is 2.26 bits per heavy atom. The van der Waals surface area contributed by atoms with Crippen LogP contribution >= 0.6 is 11.8 Å². The summed E-state index contributed by atoms with van der Waals surface area (Å²) in [7, 11) is -2.08. The summed E-state index contributed by atoms with van der Waals surface area (Å²) in [6.07, 6.45) is 1.78. The van der Waals surface area contributed by atoms with Crippen molar-refractivity contribution in [1.82, 2.24) is 4.72 Å². The van der Waals surface area contributed by atoms with Gasteiger partial charge in [-0.15, -0.1) is 6.58 Å². The van der Waals surface area contributed by atoms with E-state index >= 15 is 0 Å². The summed E-state index contributed by atoms with van der Waals surface area (Å²) in [5.74, 6) is 1.85. The highest BCUT2D eigenvalue weighted by Gasteiger charge is 2.15. The molecule has 0 bridgehead atoms. The van der Waals surface area contributed by atoms with Crippen LogP contribution in [0, 0.1) is 0 Å². The van der Waals surface area contributed by atoms with E-state index in [-0.39, 0.29) is 4.90 Å². The molecule has 0 aliphatic rings. The van der Waals surface area contributed by atoms with Gasteiger partial charge in [-0.2, -0.15) is 11.8 Å². The van der Waals surface area contributed by atoms with Gasteiger partial charge in [0.15, 0.2) is 0 Å². The minimum absolute atomic E-state index is 0.146. The quantitative estimate of drug-likeness (QED) is 0.432. The minimum Gasteiger partial charge on any atom is -0.495 e. The van der Waals surface area contributed by atoms with Crippen LogP contribution in [0.15, 0.2) is 35.7 Å². The molecule has 0 unspecified atom stereocenters. The molecule has 19 heavy (non-hydrogen) atoms. The van der Waals surface area contributed by atoms with E-state index in [0.717, 1.165) is 5.75 Å². The molecule has 0 spiro atoms. The van der Waals surface area contributed by atoms with Gasteiger partial charge in [-0.05, 0) is 12.1 Å². The predicted octanol–water partition coefficient (Wildman–Crippen LogP) is 1.47. The molecule has 1 aromatic rings. The molecule has 0 saturated carbocycles. The average molecular weight is 302 g/mol. The first-order valence-corrected chi connectivity index (χ1v) is 8.27. The van der Waals surface area contributed by atoms with Crippen LogP contribution in [0.1, 0.15) is 0 Å². The summed E-state index contributed by atoms with van der Waals surface area (Å²) in [5, 5.41) is 0. The Hall–Kier alpha value is -1.18. The molecule has 1 aromatic carbocycles. The first-order valence-electron chi connectivity index (χ1n) is 5.63. The zero-order valence-electron chi connectivity index (χ0n) is 10.8. The Labute approximate surface area is 118 Å². The normalized spacial score (nSPS) is 11.2. The lowest BCUT2D eigenvalue weighted by Gasteiger charge is -2.09. The van der Waals surface area contributed by atoms with E-state index in [4.69, 9.17) is 10.5 Å². The highest BCUT2D eigenvalue weighted by Crippen LogP contribution is 2.24. The molecule has 0 saturated heterocycles. The molecule has 0 amide bonds. The van der Waals surface area contributed by atoms with Crippen molar-refractivity contribution < 1.29 is 13.2 Å². The Kier molecular flexibility index (Phi) is 6.20. The fourth-order valence-electron chi connectivity index (χ4n) is 1.36. The maximum atomic E-state index is 12.0. The highest BCUT2D eigenvalue weighted by molar-refractivity contribution is 7.99. The molecule has 0 radical (unpaired) electrons. The van der Waals surface area contributed by atoms with E-state index < -0.39 is 10.0 Å². The molecule has 1 rings (SSSR count). The summed E-state index contributed by atoms with van der Waals surface area (Å²) < 4.78 is 31.5. The van der Waals surface area contributed by atoms with E-state index in [1.165, 1.54) is 25.3 Å². The molecular formula is C12H18N2O3S2. The SMILES string of the molecule is C=CCSCCNS(=O)(=O)c1ccc(N)c(OC)c1. The van der Waals surface area contributed by atoms with Gasteiger partial charge in [0.05, 0.1) is 17.7 Å². The number of nitrogens with two attached hydrogens (primary N) is 1. The summed E-state index contributed by atoms with van der Waals surface area (Å²) in [5.41, 5.74) is 6.05. The second-order valence-electron chi connectivity index (χ2n) is 3.67. The number of nitrogen functional groups attached to an aromatic ring is 1. The van der Waals surface area contributed by atoms with Crippen LogP contribution in [0.2, 0.25) is 0 Å². The Morgan fingerprint density at radius 1 is 1.53 bits per heavy atom. The maximum Gasteiger partial charge on any atom is 0.240 e. The van der Waals surface area contributed by atoms with E-state index in [2.05, 4.69) is 11.3 Å². The smallest absolute Gasteiger partial charge is 0.240 e. The van der Waals surface area contributed by atoms with Crippen molar-refractivity contribution in [3.05, 3.63) is 30.9 Å². The van der Waals surface area contributed by atoms with Gasteiger partial charge in [0, 0.05) is 24.1 Å². The van der Waals surface area contributed by atoms with Crippen LogP contribution in [0.4, 0.5) is 5.69 Å². The standard InChI is InChI=1S/C12H18N2O3S2/c1-3-7-18-8-6-14-19(15,16)10-4-5-11(13)12(9-10)17-2/h3-5,9,14H,1,6-8,13H2,2H3. The van der Waals surface area contributed by atoms with Gasteiger partial charge >= 0.3 is 0 Å². The van der Waals surface area contributed by atoms with Crippen LogP contribution < -0.4 is 15.2 Å². The number of sulfonamides is 1. The van der Waals surface area contributed by atoms with Gasteiger partial charge in [-0.1, -0.05) is 6.08 Å². The molecule has 0 aromatic heterocycles. The molecule has 0 fully saturated rings. The van der Waals surface area contributed by atoms with Crippen LogP contribution in [-0.4, -0.2) is 33.6 Å². The third kappa shape index (κ3) is 4.77. The average Bonchev–Trinajstić information content (AvgIpc) is 2.38. The fraction of sp³-hybridized carbons (Fsp3) is 0.333. The van der Waals surface area contributed by atoms with Crippen LogP contribution in [0.5, 0.6) is 5.75 Å². The van der Waals surface area contributed by atoms with Crippen molar-refractivity contribution in [2.45, 2.75) is 4.90 Å². The van der Waals surface area contributed by atoms with Crippen LogP contribution in [0.25, 0.3) is 0 Å². The second-order valence-corrected chi connectivity index (χ2v) is 6.58. The summed E-state index contributed by atoms with van der Waals surface area (Å²) in [6.45, 7) is 3.97. The molecular weight excluding hydrogens is 284 g/mol. The lowest BCUT2D eigenvalue weighted by atomic mass is 10.3. The Balaban J connectivity index is 2.69. The Morgan fingerprint density at radius 3 is 2.89 bits per heavy atom. The number of hydrogen-bond donors (Lipinski definition) is 2. The van der Waals surface area contributed by atoms with E-state index in [9.17, 15) is 8.42 Å². The summed E-state index contributed by atoms with van der Waals surface area (Å²) >= 11 is 1.61. The topological polar surface area (TPSA) is 81.4 Å². The third-order valence-electron chi connectivity index (χ3n) is 2.29. The Bertz CT molecular complexity index is 530. The van der Waals surface area contributed by atoms with Crippen molar-refractivity contribution in [3.63, 3.8) is 0 Å². The third-order valence-corrected chi connectivity index (χ3v) is 4.71. The van der Waals surface area contributed by atoms with E-state index in [0.29, 0.717) is 23.7 Å². The first kappa shape index (κ1) is 15.9. The predicted molar refractivity (Wildman–Crippen MR) is 80.1 cm³/mol. The van der Waals surface area contributed by atoms with Crippen molar-refractivity contribution in [3.8, 4) is 5.75 Å². The van der Waals surface area contributed by atoms with Gasteiger partial charge in [-0.3, -0.25) is 0 Å². The van der Waals surface area contributed by atoms with Crippen molar-refractivity contribution >= 4 is 27.5 Å². The van der Waals surface area contributed by atoms with E-state index in [1.807, 2.05) is 0 Å². The minimum atomic E-state index is -3.52. The molecule has 3 N–H and O–H groups in total. The number of anilines is 1. The van der Waals surface area contributed by atoms with E-state index in [1.54, 1.807) is 17.8 Å². The number of benzene rings is 1. The number of methoxy groups -OCH3 is 1. The molecule has 0 atom stereocenters. The van der Waals surface area contributed by atoms with Crippen molar-refractivity contribution in [2.75, 3.05) is 30.9 Å². The zero-order chi connectivity index (χ0) is 14.3. The molecule has 7 heteroatoms. The zero-order valence-corrected chi connectivity index (χ0v) is 12.4. The molecule has 0 heterocycles. The summed E-state index contributed by atoms with van der Waals surface area (Å²) in [6, 6.07) is 4.38. The van der Waals surface area contributed by atoms with Gasteiger partial charge in [0.1, 0.15) is 5.75 Å². The fourth-order valence-corrected chi connectivity index (χ4v) is 3.11. The van der Waals surface area contributed by atoms with Gasteiger partial charge in [0.25, 0.3) is 0 Å². The monoisotopic (exact) mass is 302 g/mol. The van der Waals surface area contributed by atoms with Gasteiger partial charge < -0.3 is 10.5 Å². The number of rotatable bonds is 8. The van der Waals surface area contributed by atoms with Crippen molar-refractivity contribution in [1.29, 1.82) is 0 Å². The number of ether oxygens (including phenoxy) is 1. The van der Waals surface area contributed by atoms with Gasteiger partial charge in [-0.25, -0.2) is 13.1 Å². The largest absolute Gasteiger partial charge is 0.495 e. The van der Waals surface area contributed by atoms with Gasteiger partial charge in [0.2, 0.25) is 10.0 Å². The second kappa shape index (κ2) is 7.42. The summed E-state index contributed by atoms with van der Waals surface area (Å²) in [4.78, 5) is 0.146. The molecule has 106 valence electrons. The highest BCUT2D eigenvalue weighted by atomic mass is 32.2. The van der Waals surface area contributed by atoms with Crippen LogP contribution in [0.3, 0.4) is 0 Å². The number of thioether (sulfide) groups is 1. The number of nitrogens with one attached hydrogen (secondary N) is 1. The van der Waals surface area contributed by atoms with Crippen molar-refractivity contribution in [2.24, 2.45) is 0 Å². The lowest BCUT2D eigenvalue weighted by molar-refractivity contribution is 0.415. The van der Waals surface area contributed by atoms with Crippen LogP contribution in [-0.2, 0) is 10.0 Å². The molecule has 0 aliphatic carbocycles. The number of hydrogen-bond acceptors (Lipinski definition) is 5. The molecule has 5 nitrogen and oxygen atoms in total. The maximum absolute atomic E-state index is 12.0. The first-order chi connectivity index (χ1) is 9.01.